The summed E-state index contributed by atoms with van der Waals surface area (Å²) in [6.45, 7) is 0.596. The molecule has 0 saturated heterocycles. The van der Waals surface area contributed by atoms with Gasteiger partial charge < -0.3 is 4.79 Å². The van der Waals surface area contributed by atoms with Crippen molar-refractivity contribution >= 4 is 18.3 Å². The number of nitrogens with zero attached hydrogens (tertiary/aromatic N) is 2. The second-order valence-corrected chi connectivity index (χ2v) is 3.10. The molecule has 4 nitrogen and oxygen atoms in total. The van der Waals surface area contributed by atoms with Crippen molar-refractivity contribution in [2.45, 2.75) is 6.04 Å². The standard InChI is InChI=1S/C10H11N3O/c14-7-10-6-13(8-11-10)12-9-4-2-1-3-5-9/h1-5,7-8,10,12H,6H2. The fourth-order valence-corrected chi connectivity index (χ4v) is 1.29. The predicted octanol–water partition coefficient (Wildman–Crippen LogP) is 0.925. The van der Waals surface area contributed by atoms with Crippen LogP contribution >= 0.6 is 0 Å². The van der Waals surface area contributed by atoms with E-state index in [0.29, 0.717) is 6.54 Å². The molecule has 2 rings (SSSR count). The Balaban J connectivity index is 1.95. The average Bonchev–Trinajstić information content (AvgIpc) is 2.67. The van der Waals surface area contributed by atoms with Crippen molar-refractivity contribution in [3.8, 4) is 0 Å². The molecule has 1 aliphatic rings. The van der Waals surface area contributed by atoms with Gasteiger partial charge in [0.1, 0.15) is 18.7 Å². The molecule has 0 saturated carbocycles. The molecule has 0 aliphatic carbocycles. The fourth-order valence-electron chi connectivity index (χ4n) is 1.29. The Hall–Kier alpha value is -1.84. The number of carbonyl (C=O) groups is 1. The minimum atomic E-state index is -0.230. The van der Waals surface area contributed by atoms with E-state index in [0.717, 1.165) is 12.0 Å². The summed E-state index contributed by atoms with van der Waals surface area (Å²) in [5.74, 6) is 0. The molecule has 0 amide bonds. The molecule has 0 aromatic heterocycles. The molecule has 72 valence electrons. The number of aliphatic imine (C=N–C) groups is 1. The Morgan fingerprint density at radius 2 is 2.21 bits per heavy atom. The third-order valence-corrected chi connectivity index (χ3v) is 1.98. The van der Waals surface area contributed by atoms with Gasteiger partial charge in [0.2, 0.25) is 0 Å². The topological polar surface area (TPSA) is 44.7 Å². The van der Waals surface area contributed by atoms with Crippen LogP contribution in [0.3, 0.4) is 0 Å². The van der Waals surface area contributed by atoms with Crippen LogP contribution in [0, 0.1) is 0 Å². The molecular formula is C10H11N3O. The molecule has 1 aliphatic heterocycles. The van der Waals surface area contributed by atoms with Gasteiger partial charge in [0.05, 0.1) is 12.2 Å². The monoisotopic (exact) mass is 189 g/mol. The van der Waals surface area contributed by atoms with Gasteiger partial charge >= 0.3 is 0 Å². The lowest BCUT2D eigenvalue weighted by atomic mass is 10.3. The van der Waals surface area contributed by atoms with Gasteiger partial charge in [0.25, 0.3) is 0 Å². The van der Waals surface area contributed by atoms with Crippen molar-refractivity contribution in [1.82, 2.24) is 5.01 Å². The van der Waals surface area contributed by atoms with Gasteiger partial charge in [-0.25, -0.2) is 0 Å². The van der Waals surface area contributed by atoms with E-state index in [9.17, 15) is 4.79 Å². The fraction of sp³-hybridized carbons (Fsp3) is 0.200. The molecule has 1 heterocycles. The lowest BCUT2D eigenvalue weighted by Crippen LogP contribution is -2.29. The van der Waals surface area contributed by atoms with Crippen molar-refractivity contribution in [3.05, 3.63) is 30.3 Å². The molecule has 1 N–H and O–H groups in total. The Labute approximate surface area is 82.2 Å². The molecule has 0 fully saturated rings. The third kappa shape index (κ3) is 1.90. The van der Waals surface area contributed by atoms with E-state index < -0.39 is 0 Å². The maximum atomic E-state index is 10.4. The SMILES string of the molecule is O=CC1CN(Nc2ccccc2)C=N1. The highest BCUT2D eigenvalue weighted by atomic mass is 16.1. The van der Waals surface area contributed by atoms with E-state index >= 15 is 0 Å². The molecule has 1 unspecified atom stereocenters. The third-order valence-electron chi connectivity index (χ3n) is 1.98. The summed E-state index contributed by atoms with van der Waals surface area (Å²) in [6.07, 6.45) is 2.50. The lowest BCUT2D eigenvalue weighted by molar-refractivity contribution is -0.108. The first-order valence-electron chi connectivity index (χ1n) is 4.45. The second kappa shape index (κ2) is 3.91. The van der Waals surface area contributed by atoms with Crippen LogP contribution in [-0.4, -0.2) is 30.2 Å². The van der Waals surface area contributed by atoms with Crippen LogP contribution in [0.2, 0.25) is 0 Å². The summed E-state index contributed by atoms with van der Waals surface area (Å²) in [5.41, 5.74) is 4.12. The molecule has 1 aromatic carbocycles. The molecule has 14 heavy (non-hydrogen) atoms. The molecule has 0 radical (unpaired) electrons. The molecular weight excluding hydrogens is 178 g/mol. The summed E-state index contributed by atoms with van der Waals surface area (Å²) in [7, 11) is 0. The van der Waals surface area contributed by atoms with Crippen molar-refractivity contribution in [2.75, 3.05) is 12.0 Å². The number of hydrazine groups is 1. The van der Waals surface area contributed by atoms with Crippen LogP contribution in [0.5, 0.6) is 0 Å². The van der Waals surface area contributed by atoms with E-state index in [1.807, 2.05) is 30.3 Å². The molecule has 1 atom stereocenters. The van der Waals surface area contributed by atoms with Crippen LogP contribution in [-0.2, 0) is 4.79 Å². The minimum absolute atomic E-state index is 0.230. The number of hydrogen-bond donors (Lipinski definition) is 1. The highest BCUT2D eigenvalue weighted by molar-refractivity contribution is 5.70. The summed E-state index contributed by atoms with van der Waals surface area (Å²) >= 11 is 0. The largest absolute Gasteiger partial charge is 0.301 e. The number of hydrogen-bond acceptors (Lipinski definition) is 4. The van der Waals surface area contributed by atoms with Crippen LogP contribution in [0.4, 0.5) is 5.69 Å². The van der Waals surface area contributed by atoms with Gasteiger partial charge in [0.15, 0.2) is 0 Å². The number of para-hydroxylation sites is 1. The van der Waals surface area contributed by atoms with Gasteiger partial charge in [0, 0.05) is 0 Å². The Morgan fingerprint density at radius 3 is 2.86 bits per heavy atom. The number of nitrogens with one attached hydrogen (secondary N) is 1. The van der Waals surface area contributed by atoms with Gasteiger partial charge in [-0.05, 0) is 12.1 Å². The Morgan fingerprint density at radius 1 is 1.43 bits per heavy atom. The number of rotatable bonds is 3. The van der Waals surface area contributed by atoms with Crippen LogP contribution in [0.1, 0.15) is 0 Å². The average molecular weight is 189 g/mol. The van der Waals surface area contributed by atoms with Gasteiger partial charge in [-0.2, -0.15) is 0 Å². The smallest absolute Gasteiger partial charge is 0.146 e. The van der Waals surface area contributed by atoms with E-state index in [-0.39, 0.29) is 6.04 Å². The van der Waals surface area contributed by atoms with Gasteiger partial charge in [-0.1, -0.05) is 18.2 Å². The van der Waals surface area contributed by atoms with Gasteiger partial charge in [-0.3, -0.25) is 15.4 Å². The van der Waals surface area contributed by atoms with E-state index in [4.69, 9.17) is 0 Å². The number of aldehydes is 1. The van der Waals surface area contributed by atoms with Crippen molar-refractivity contribution < 1.29 is 4.79 Å². The molecule has 1 aromatic rings. The van der Waals surface area contributed by atoms with Gasteiger partial charge in [-0.15, -0.1) is 0 Å². The van der Waals surface area contributed by atoms with Crippen LogP contribution in [0.25, 0.3) is 0 Å². The summed E-state index contributed by atoms with van der Waals surface area (Å²) in [5, 5.41) is 1.80. The maximum absolute atomic E-state index is 10.4. The minimum Gasteiger partial charge on any atom is -0.301 e. The summed E-state index contributed by atoms with van der Waals surface area (Å²) in [4.78, 5) is 14.4. The first-order chi connectivity index (χ1) is 6.88. The normalized spacial score (nSPS) is 19.7. The first-order valence-corrected chi connectivity index (χ1v) is 4.45. The van der Waals surface area contributed by atoms with Crippen LogP contribution in [0.15, 0.2) is 35.3 Å². The van der Waals surface area contributed by atoms with E-state index in [2.05, 4.69) is 10.4 Å². The maximum Gasteiger partial charge on any atom is 0.146 e. The molecule has 0 bridgehead atoms. The predicted molar refractivity (Wildman–Crippen MR) is 55.1 cm³/mol. The van der Waals surface area contributed by atoms with E-state index in [1.165, 1.54) is 0 Å². The van der Waals surface area contributed by atoms with Crippen LogP contribution < -0.4 is 5.43 Å². The molecule has 4 heteroatoms. The lowest BCUT2D eigenvalue weighted by Gasteiger charge is -2.17. The number of carbonyl (C=O) groups excluding carboxylic acids is 1. The van der Waals surface area contributed by atoms with E-state index in [1.54, 1.807) is 11.3 Å². The van der Waals surface area contributed by atoms with Crippen molar-refractivity contribution in [3.63, 3.8) is 0 Å². The van der Waals surface area contributed by atoms with Crippen molar-refractivity contribution in [2.24, 2.45) is 4.99 Å². The zero-order valence-corrected chi connectivity index (χ0v) is 7.63. The second-order valence-electron chi connectivity index (χ2n) is 3.10. The highest BCUT2D eigenvalue weighted by Gasteiger charge is 2.15. The number of anilines is 1. The number of benzene rings is 1. The highest BCUT2D eigenvalue weighted by Crippen LogP contribution is 2.08. The molecule has 0 spiro atoms. The first kappa shape index (κ1) is 8.74. The zero-order chi connectivity index (χ0) is 9.80. The summed E-state index contributed by atoms with van der Waals surface area (Å²) in [6, 6.07) is 9.55. The Bertz CT molecular complexity index is 336. The Kier molecular flexibility index (Phi) is 2.44. The summed E-state index contributed by atoms with van der Waals surface area (Å²) < 4.78 is 0. The quantitative estimate of drug-likeness (QED) is 0.719. The zero-order valence-electron chi connectivity index (χ0n) is 7.63. The van der Waals surface area contributed by atoms with Crippen molar-refractivity contribution in [1.29, 1.82) is 0 Å².